The van der Waals surface area contributed by atoms with Crippen molar-refractivity contribution in [3.63, 3.8) is 0 Å². The van der Waals surface area contributed by atoms with E-state index in [4.69, 9.17) is 9.47 Å². The number of ether oxygens (including phenoxy) is 2. The van der Waals surface area contributed by atoms with E-state index in [9.17, 15) is 9.90 Å². The Morgan fingerprint density at radius 3 is 2.80 bits per heavy atom. The van der Waals surface area contributed by atoms with Crippen LogP contribution in [0.5, 0.6) is 0 Å². The third-order valence-corrected chi connectivity index (χ3v) is 1.91. The van der Waals surface area contributed by atoms with Gasteiger partial charge >= 0.3 is 6.09 Å². The molecule has 1 unspecified atom stereocenters. The molecule has 1 aliphatic heterocycles. The van der Waals surface area contributed by atoms with E-state index in [1.807, 2.05) is 20.8 Å². The van der Waals surface area contributed by atoms with Crippen molar-refractivity contribution in [3.05, 3.63) is 0 Å². The molecule has 0 aliphatic carbocycles. The summed E-state index contributed by atoms with van der Waals surface area (Å²) in [6.07, 6.45) is -0.580. The van der Waals surface area contributed by atoms with E-state index in [2.05, 4.69) is 0 Å². The van der Waals surface area contributed by atoms with Crippen molar-refractivity contribution in [1.82, 2.24) is 4.90 Å². The summed E-state index contributed by atoms with van der Waals surface area (Å²) in [5.74, 6) is 0. The van der Waals surface area contributed by atoms with Gasteiger partial charge in [0.15, 0.2) is 6.29 Å². The Balaban J connectivity index is 2.50. The lowest BCUT2D eigenvalue weighted by Crippen LogP contribution is -2.40. The molecule has 1 atom stereocenters. The van der Waals surface area contributed by atoms with Crippen molar-refractivity contribution in [2.24, 2.45) is 0 Å². The van der Waals surface area contributed by atoms with Gasteiger partial charge in [-0.2, -0.15) is 0 Å². The van der Waals surface area contributed by atoms with E-state index < -0.39 is 18.0 Å². The maximum absolute atomic E-state index is 11.6. The molecule has 15 heavy (non-hydrogen) atoms. The molecule has 1 aliphatic rings. The van der Waals surface area contributed by atoms with Gasteiger partial charge in [-0.05, 0) is 27.2 Å². The molecule has 0 bridgehead atoms. The van der Waals surface area contributed by atoms with Crippen molar-refractivity contribution in [2.45, 2.75) is 39.1 Å². The van der Waals surface area contributed by atoms with Crippen molar-refractivity contribution in [3.8, 4) is 0 Å². The fraction of sp³-hybridized carbons (Fsp3) is 0.900. The first-order valence-electron chi connectivity index (χ1n) is 5.16. The molecule has 1 N–H and O–H groups in total. The van der Waals surface area contributed by atoms with Crippen LogP contribution >= 0.6 is 0 Å². The molecule has 88 valence electrons. The lowest BCUT2D eigenvalue weighted by molar-refractivity contribution is -0.0982. The average Bonchev–Trinajstić information content (AvgIpc) is 2.26. The van der Waals surface area contributed by atoms with Gasteiger partial charge in [0.1, 0.15) is 5.60 Å². The second-order valence-corrected chi connectivity index (χ2v) is 4.61. The van der Waals surface area contributed by atoms with Crippen LogP contribution in [-0.2, 0) is 9.47 Å². The van der Waals surface area contributed by atoms with Crippen LogP contribution in [0.1, 0.15) is 27.2 Å². The first-order valence-corrected chi connectivity index (χ1v) is 5.16. The van der Waals surface area contributed by atoms with Gasteiger partial charge in [-0.15, -0.1) is 0 Å². The highest BCUT2D eigenvalue weighted by Crippen LogP contribution is 2.12. The van der Waals surface area contributed by atoms with Gasteiger partial charge in [-0.1, -0.05) is 0 Å². The maximum atomic E-state index is 11.6. The number of hydrogen-bond acceptors (Lipinski definition) is 4. The largest absolute Gasteiger partial charge is 0.444 e. The van der Waals surface area contributed by atoms with Gasteiger partial charge in [-0.3, -0.25) is 0 Å². The zero-order valence-corrected chi connectivity index (χ0v) is 9.52. The average molecular weight is 217 g/mol. The molecule has 1 fully saturated rings. The minimum Gasteiger partial charge on any atom is -0.444 e. The van der Waals surface area contributed by atoms with Crippen LogP contribution < -0.4 is 0 Å². The smallest absolute Gasteiger partial charge is 0.410 e. The minimum atomic E-state index is -0.903. The van der Waals surface area contributed by atoms with Gasteiger partial charge in [-0.25, -0.2) is 4.79 Å². The van der Waals surface area contributed by atoms with Crippen molar-refractivity contribution < 1.29 is 19.4 Å². The molecule has 0 spiro atoms. The Labute approximate surface area is 90.0 Å². The van der Waals surface area contributed by atoms with Gasteiger partial charge in [0.25, 0.3) is 0 Å². The summed E-state index contributed by atoms with van der Waals surface area (Å²) in [6.45, 7) is 6.66. The Morgan fingerprint density at radius 1 is 1.53 bits per heavy atom. The summed E-state index contributed by atoms with van der Waals surface area (Å²) < 4.78 is 10.2. The summed E-state index contributed by atoms with van der Waals surface area (Å²) >= 11 is 0. The predicted octanol–water partition coefficient (Wildman–Crippen LogP) is 0.962. The summed E-state index contributed by atoms with van der Waals surface area (Å²) in [7, 11) is 0. The van der Waals surface area contributed by atoms with Crippen LogP contribution in [0.25, 0.3) is 0 Å². The highest BCUT2D eigenvalue weighted by Gasteiger charge is 2.25. The SMILES string of the molecule is CC(C)(C)OC(=O)N1CCCOC(O)C1. The second-order valence-electron chi connectivity index (χ2n) is 4.61. The van der Waals surface area contributed by atoms with E-state index in [0.29, 0.717) is 13.2 Å². The van der Waals surface area contributed by atoms with Crippen molar-refractivity contribution >= 4 is 6.09 Å². The second kappa shape index (κ2) is 4.81. The summed E-state index contributed by atoms with van der Waals surface area (Å²) in [5, 5.41) is 9.34. The first-order chi connectivity index (χ1) is 6.88. The summed E-state index contributed by atoms with van der Waals surface area (Å²) in [4.78, 5) is 13.1. The maximum Gasteiger partial charge on any atom is 0.410 e. The quantitative estimate of drug-likeness (QED) is 0.656. The topological polar surface area (TPSA) is 59.0 Å². The number of carbonyl (C=O) groups is 1. The van der Waals surface area contributed by atoms with E-state index in [1.165, 1.54) is 4.90 Å². The van der Waals surface area contributed by atoms with Crippen LogP contribution in [0.4, 0.5) is 4.79 Å². The Kier molecular flexibility index (Phi) is 3.93. The third-order valence-electron chi connectivity index (χ3n) is 1.91. The molecule has 1 amide bonds. The molecule has 0 aromatic rings. The number of aliphatic hydroxyl groups excluding tert-OH is 1. The van der Waals surface area contributed by atoms with Crippen molar-refractivity contribution in [2.75, 3.05) is 19.7 Å². The van der Waals surface area contributed by atoms with Gasteiger partial charge < -0.3 is 19.5 Å². The first kappa shape index (κ1) is 12.3. The summed E-state index contributed by atoms with van der Waals surface area (Å²) in [6, 6.07) is 0. The highest BCUT2D eigenvalue weighted by molar-refractivity contribution is 5.68. The van der Waals surface area contributed by atoms with Crippen LogP contribution in [0.3, 0.4) is 0 Å². The highest BCUT2D eigenvalue weighted by atomic mass is 16.6. The van der Waals surface area contributed by atoms with E-state index in [1.54, 1.807) is 0 Å². The van der Waals surface area contributed by atoms with E-state index in [-0.39, 0.29) is 6.54 Å². The number of amides is 1. The number of β-amino-alcohol motifs (C(OH)–C–C–N with tert-alkyl or cyclic N) is 1. The molecular formula is C10H19NO4. The fourth-order valence-electron chi connectivity index (χ4n) is 1.30. The molecule has 0 aromatic heterocycles. The number of nitrogens with zero attached hydrogens (tertiary/aromatic N) is 1. The Hall–Kier alpha value is -0.810. The minimum absolute atomic E-state index is 0.176. The fourth-order valence-corrected chi connectivity index (χ4v) is 1.30. The monoisotopic (exact) mass is 217 g/mol. The number of hydrogen-bond donors (Lipinski definition) is 1. The van der Waals surface area contributed by atoms with E-state index in [0.717, 1.165) is 6.42 Å². The zero-order chi connectivity index (χ0) is 11.5. The van der Waals surface area contributed by atoms with Gasteiger partial charge in [0.2, 0.25) is 0 Å². The lowest BCUT2D eigenvalue weighted by Gasteiger charge is -2.26. The van der Waals surface area contributed by atoms with Crippen LogP contribution in [0.15, 0.2) is 0 Å². The lowest BCUT2D eigenvalue weighted by atomic mass is 10.2. The van der Waals surface area contributed by atoms with Crippen molar-refractivity contribution in [1.29, 1.82) is 0 Å². The van der Waals surface area contributed by atoms with Gasteiger partial charge in [0.05, 0.1) is 13.2 Å². The van der Waals surface area contributed by atoms with Gasteiger partial charge in [0, 0.05) is 6.54 Å². The third kappa shape index (κ3) is 4.48. The molecule has 0 aromatic carbocycles. The normalized spacial score (nSPS) is 23.5. The molecule has 5 nitrogen and oxygen atoms in total. The summed E-state index contributed by atoms with van der Waals surface area (Å²) in [5.41, 5.74) is -0.505. The van der Waals surface area contributed by atoms with Crippen LogP contribution in [-0.4, -0.2) is 47.7 Å². The zero-order valence-electron chi connectivity index (χ0n) is 9.52. The molecule has 1 saturated heterocycles. The Bertz CT molecular complexity index is 224. The number of aliphatic hydroxyl groups is 1. The molecule has 0 saturated carbocycles. The number of rotatable bonds is 0. The Morgan fingerprint density at radius 2 is 2.20 bits per heavy atom. The van der Waals surface area contributed by atoms with E-state index >= 15 is 0 Å². The molecule has 1 rings (SSSR count). The molecule has 1 heterocycles. The molecule has 0 radical (unpaired) electrons. The predicted molar refractivity (Wildman–Crippen MR) is 54.4 cm³/mol. The molecule has 5 heteroatoms. The number of carbonyl (C=O) groups excluding carboxylic acids is 1. The van der Waals surface area contributed by atoms with Crippen LogP contribution in [0, 0.1) is 0 Å². The molecular weight excluding hydrogens is 198 g/mol. The van der Waals surface area contributed by atoms with Crippen LogP contribution in [0.2, 0.25) is 0 Å². The standard InChI is InChI=1S/C10H19NO4/c1-10(2,3)15-9(13)11-5-4-6-14-8(12)7-11/h8,12H,4-7H2,1-3H3.